The number of fused-ring (bicyclic) bond motifs is 1. The summed E-state index contributed by atoms with van der Waals surface area (Å²) in [4.78, 5) is 41.8. The fourth-order valence-electron chi connectivity index (χ4n) is 3.41. The van der Waals surface area contributed by atoms with Crippen LogP contribution >= 0.6 is 12.4 Å². The number of aromatic amines is 1. The minimum absolute atomic E-state index is 0. The Morgan fingerprint density at radius 1 is 1.17 bits per heavy atom. The SMILES string of the molecule is CC1(C)CC(=O)c2cc(C(=O)N3CCCNCC3)c(=O)[nH]c2C1.Cl. The molecule has 24 heavy (non-hydrogen) atoms. The number of hydrogen-bond acceptors (Lipinski definition) is 4. The molecule has 6 nitrogen and oxygen atoms in total. The number of amides is 1. The summed E-state index contributed by atoms with van der Waals surface area (Å²) in [7, 11) is 0. The molecule has 2 aliphatic rings. The van der Waals surface area contributed by atoms with Crippen molar-refractivity contribution in [1.29, 1.82) is 0 Å². The number of carbonyl (C=O) groups excluding carboxylic acids is 2. The van der Waals surface area contributed by atoms with E-state index in [1.807, 2.05) is 13.8 Å². The maximum Gasteiger partial charge on any atom is 0.261 e. The predicted molar refractivity (Wildman–Crippen MR) is 94.1 cm³/mol. The van der Waals surface area contributed by atoms with Gasteiger partial charge >= 0.3 is 0 Å². The second-order valence-corrected chi connectivity index (χ2v) is 7.24. The maximum atomic E-state index is 12.7. The van der Waals surface area contributed by atoms with Gasteiger partial charge < -0.3 is 15.2 Å². The number of aromatic nitrogens is 1. The van der Waals surface area contributed by atoms with Crippen molar-refractivity contribution < 1.29 is 9.59 Å². The van der Waals surface area contributed by atoms with Crippen molar-refractivity contribution in [3.05, 3.63) is 33.2 Å². The Morgan fingerprint density at radius 2 is 1.92 bits per heavy atom. The Kier molecular flexibility index (Phi) is 5.50. The van der Waals surface area contributed by atoms with Crippen LogP contribution < -0.4 is 10.9 Å². The molecule has 2 heterocycles. The zero-order valence-electron chi connectivity index (χ0n) is 14.1. The van der Waals surface area contributed by atoms with Gasteiger partial charge in [0, 0.05) is 37.3 Å². The van der Waals surface area contributed by atoms with Gasteiger partial charge in [-0.3, -0.25) is 14.4 Å². The van der Waals surface area contributed by atoms with Crippen molar-refractivity contribution in [1.82, 2.24) is 15.2 Å². The molecule has 0 saturated carbocycles. The molecule has 3 rings (SSSR count). The maximum absolute atomic E-state index is 12.7. The third-order valence-corrected chi connectivity index (χ3v) is 4.58. The van der Waals surface area contributed by atoms with Crippen LogP contribution in [0.5, 0.6) is 0 Å². The largest absolute Gasteiger partial charge is 0.337 e. The summed E-state index contributed by atoms with van der Waals surface area (Å²) in [6, 6.07) is 1.51. The second-order valence-electron chi connectivity index (χ2n) is 7.24. The van der Waals surface area contributed by atoms with E-state index in [4.69, 9.17) is 0 Å². The van der Waals surface area contributed by atoms with Crippen LogP contribution in [-0.2, 0) is 6.42 Å². The van der Waals surface area contributed by atoms with E-state index < -0.39 is 5.56 Å². The molecule has 1 aliphatic carbocycles. The van der Waals surface area contributed by atoms with Crippen molar-refractivity contribution in [2.75, 3.05) is 26.2 Å². The molecular formula is C17H24ClN3O3. The molecule has 1 amide bonds. The first-order chi connectivity index (χ1) is 10.9. The average molecular weight is 354 g/mol. The Hall–Kier alpha value is -1.66. The molecule has 0 bridgehead atoms. The monoisotopic (exact) mass is 353 g/mol. The lowest BCUT2D eigenvalue weighted by Gasteiger charge is -2.30. The normalized spacial score (nSPS) is 19.9. The summed E-state index contributed by atoms with van der Waals surface area (Å²) < 4.78 is 0. The van der Waals surface area contributed by atoms with Crippen molar-refractivity contribution in [3.8, 4) is 0 Å². The smallest absolute Gasteiger partial charge is 0.261 e. The molecule has 1 aromatic heterocycles. The Balaban J connectivity index is 0.00000208. The quantitative estimate of drug-likeness (QED) is 0.799. The van der Waals surface area contributed by atoms with Crippen LogP contribution in [0.25, 0.3) is 0 Å². The summed E-state index contributed by atoms with van der Waals surface area (Å²) in [6.45, 7) is 6.82. The third kappa shape index (κ3) is 3.70. The van der Waals surface area contributed by atoms with Gasteiger partial charge in [0.1, 0.15) is 5.56 Å². The number of halogens is 1. The standard InChI is InChI=1S/C17H23N3O3.ClH/c1-17(2)9-13-11(14(21)10-17)8-12(15(22)19-13)16(23)20-6-3-4-18-5-7-20;/h8,18H,3-7,9-10H2,1-2H3,(H,19,22);1H. The fraction of sp³-hybridized carbons (Fsp3) is 0.588. The molecule has 132 valence electrons. The molecule has 1 fully saturated rings. The zero-order valence-corrected chi connectivity index (χ0v) is 14.9. The first kappa shape index (κ1) is 18.7. The van der Waals surface area contributed by atoms with Crippen LogP contribution in [-0.4, -0.2) is 47.8 Å². The summed E-state index contributed by atoms with van der Waals surface area (Å²) in [5.41, 5.74) is 0.690. The van der Waals surface area contributed by atoms with E-state index >= 15 is 0 Å². The van der Waals surface area contributed by atoms with Gasteiger partial charge in [-0.05, 0) is 30.9 Å². The molecule has 7 heteroatoms. The first-order valence-electron chi connectivity index (χ1n) is 8.17. The number of nitrogens with zero attached hydrogens (tertiary/aromatic N) is 1. The number of pyridine rings is 1. The summed E-state index contributed by atoms with van der Waals surface area (Å²) in [6.07, 6.45) is 1.94. The highest BCUT2D eigenvalue weighted by molar-refractivity contribution is 6.02. The van der Waals surface area contributed by atoms with Crippen molar-refractivity contribution in [3.63, 3.8) is 0 Å². The number of Topliss-reactive ketones (excluding diaryl/α,β-unsaturated/α-hetero) is 1. The topological polar surface area (TPSA) is 82.3 Å². The van der Waals surface area contributed by atoms with Gasteiger partial charge in [-0.25, -0.2) is 0 Å². The van der Waals surface area contributed by atoms with E-state index in [2.05, 4.69) is 10.3 Å². The van der Waals surface area contributed by atoms with Gasteiger partial charge in [0.15, 0.2) is 5.78 Å². The van der Waals surface area contributed by atoms with E-state index in [0.717, 1.165) is 19.5 Å². The van der Waals surface area contributed by atoms with E-state index in [1.165, 1.54) is 6.07 Å². The number of ketones is 1. The third-order valence-electron chi connectivity index (χ3n) is 4.58. The minimum Gasteiger partial charge on any atom is -0.337 e. The Labute approximate surface area is 147 Å². The van der Waals surface area contributed by atoms with Crippen LogP contribution in [0.4, 0.5) is 0 Å². The Morgan fingerprint density at radius 3 is 2.67 bits per heavy atom. The average Bonchev–Trinajstić information content (AvgIpc) is 2.73. The van der Waals surface area contributed by atoms with Crippen LogP contribution in [0.15, 0.2) is 10.9 Å². The molecule has 0 spiro atoms. The molecule has 0 radical (unpaired) electrons. The van der Waals surface area contributed by atoms with Crippen molar-refractivity contribution >= 4 is 24.1 Å². The van der Waals surface area contributed by atoms with Gasteiger partial charge in [-0.1, -0.05) is 13.8 Å². The zero-order chi connectivity index (χ0) is 16.6. The van der Waals surface area contributed by atoms with E-state index in [9.17, 15) is 14.4 Å². The fourth-order valence-corrected chi connectivity index (χ4v) is 3.41. The van der Waals surface area contributed by atoms with Crippen LogP contribution in [0, 0.1) is 5.41 Å². The lowest BCUT2D eigenvalue weighted by molar-refractivity contribution is 0.0764. The molecule has 0 aromatic carbocycles. The van der Waals surface area contributed by atoms with E-state index in [-0.39, 0.29) is 35.1 Å². The van der Waals surface area contributed by atoms with Gasteiger partial charge in [0.05, 0.1) is 0 Å². The number of H-pyrrole nitrogens is 1. The number of carbonyl (C=O) groups is 2. The van der Waals surface area contributed by atoms with Gasteiger partial charge in [0.25, 0.3) is 11.5 Å². The number of nitrogens with one attached hydrogen (secondary N) is 2. The summed E-state index contributed by atoms with van der Waals surface area (Å²) >= 11 is 0. The molecule has 0 unspecified atom stereocenters. The van der Waals surface area contributed by atoms with E-state index in [1.54, 1.807) is 4.90 Å². The lowest BCUT2D eigenvalue weighted by atomic mass is 9.75. The van der Waals surface area contributed by atoms with Gasteiger partial charge in [-0.15, -0.1) is 12.4 Å². The number of hydrogen-bond donors (Lipinski definition) is 2. The highest BCUT2D eigenvalue weighted by Gasteiger charge is 2.33. The van der Waals surface area contributed by atoms with E-state index in [0.29, 0.717) is 37.2 Å². The molecule has 1 saturated heterocycles. The first-order valence-corrected chi connectivity index (χ1v) is 8.17. The molecular weight excluding hydrogens is 330 g/mol. The molecule has 2 N–H and O–H groups in total. The van der Waals surface area contributed by atoms with Crippen LogP contribution in [0.1, 0.15) is 53.1 Å². The van der Waals surface area contributed by atoms with Gasteiger partial charge in [0.2, 0.25) is 0 Å². The van der Waals surface area contributed by atoms with Gasteiger partial charge in [-0.2, -0.15) is 0 Å². The van der Waals surface area contributed by atoms with Crippen molar-refractivity contribution in [2.45, 2.75) is 33.1 Å². The number of rotatable bonds is 1. The Bertz CT molecular complexity index is 704. The van der Waals surface area contributed by atoms with Crippen LogP contribution in [0.3, 0.4) is 0 Å². The highest BCUT2D eigenvalue weighted by atomic mass is 35.5. The molecule has 0 atom stereocenters. The second kappa shape index (κ2) is 7.07. The summed E-state index contributed by atoms with van der Waals surface area (Å²) in [5.74, 6) is -0.283. The summed E-state index contributed by atoms with van der Waals surface area (Å²) in [5, 5.41) is 3.23. The minimum atomic E-state index is -0.392. The van der Waals surface area contributed by atoms with Crippen molar-refractivity contribution in [2.24, 2.45) is 5.41 Å². The molecule has 1 aliphatic heterocycles. The lowest BCUT2D eigenvalue weighted by Crippen LogP contribution is -2.38. The predicted octanol–water partition coefficient (Wildman–Crippen LogP) is 1.39. The highest BCUT2D eigenvalue weighted by Crippen LogP contribution is 2.33. The van der Waals surface area contributed by atoms with Crippen LogP contribution in [0.2, 0.25) is 0 Å². The molecule has 1 aromatic rings.